The van der Waals surface area contributed by atoms with Gasteiger partial charge in [-0.3, -0.25) is 0 Å². The van der Waals surface area contributed by atoms with Crippen molar-refractivity contribution in [2.75, 3.05) is 13.2 Å². The van der Waals surface area contributed by atoms with Gasteiger partial charge >= 0.3 is 11.9 Å². The van der Waals surface area contributed by atoms with Crippen molar-refractivity contribution in [2.24, 2.45) is 11.8 Å². The van der Waals surface area contributed by atoms with Gasteiger partial charge in [0.1, 0.15) is 11.6 Å². The molecule has 1 aliphatic rings. The fourth-order valence-corrected chi connectivity index (χ4v) is 3.29. The smallest absolute Gasteiger partial charge is 0.338 e. The molecule has 4 nitrogen and oxygen atoms in total. The Labute approximate surface area is 162 Å². The number of ether oxygens (including phenoxy) is 2. The van der Waals surface area contributed by atoms with E-state index in [2.05, 4.69) is 0 Å². The van der Waals surface area contributed by atoms with Gasteiger partial charge in [-0.25, -0.2) is 18.4 Å². The molecule has 0 unspecified atom stereocenters. The van der Waals surface area contributed by atoms with Crippen LogP contribution in [-0.4, -0.2) is 25.2 Å². The largest absolute Gasteiger partial charge is 0.462 e. The summed E-state index contributed by atoms with van der Waals surface area (Å²) >= 11 is 0. The van der Waals surface area contributed by atoms with E-state index in [1.807, 2.05) is 0 Å². The third kappa shape index (κ3) is 5.62. The number of carbonyl (C=O) groups is 2. The second-order valence-electron chi connectivity index (χ2n) is 7.10. The van der Waals surface area contributed by atoms with E-state index in [0.717, 1.165) is 25.7 Å². The van der Waals surface area contributed by atoms with Crippen molar-refractivity contribution in [1.82, 2.24) is 0 Å². The van der Waals surface area contributed by atoms with Gasteiger partial charge in [0.15, 0.2) is 0 Å². The molecule has 0 aromatic heterocycles. The van der Waals surface area contributed by atoms with Crippen molar-refractivity contribution >= 4 is 11.9 Å². The average Bonchev–Trinajstić information content (AvgIpc) is 2.72. The van der Waals surface area contributed by atoms with Gasteiger partial charge in [-0.15, -0.1) is 0 Å². The number of carbonyl (C=O) groups excluding carboxylic acids is 2. The number of rotatable bonds is 6. The van der Waals surface area contributed by atoms with E-state index in [4.69, 9.17) is 9.47 Å². The molecule has 0 spiro atoms. The van der Waals surface area contributed by atoms with Crippen LogP contribution in [0.5, 0.6) is 0 Å². The fraction of sp³-hybridized carbons (Fsp3) is 0.364. The molecular formula is C22H22F2O4. The van der Waals surface area contributed by atoms with Crippen LogP contribution in [0.4, 0.5) is 8.78 Å². The summed E-state index contributed by atoms with van der Waals surface area (Å²) in [5.74, 6) is -1.14. The minimum absolute atomic E-state index is 0.272. The lowest BCUT2D eigenvalue weighted by Gasteiger charge is -2.27. The predicted octanol–water partition coefficient (Wildman–Crippen LogP) is 4.79. The van der Waals surface area contributed by atoms with Crippen LogP contribution in [0, 0.1) is 23.5 Å². The lowest BCUT2D eigenvalue weighted by atomic mass is 9.83. The Bertz CT molecular complexity index is 725. The molecular weight excluding hydrogens is 366 g/mol. The lowest BCUT2D eigenvalue weighted by Crippen LogP contribution is -2.24. The molecule has 2 aromatic rings. The van der Waals surface area contributed by atoms with Gasteiger partial charge in [0, 0.05) is 0 Å². The minimum atomic E-state index is -0.449. The highest BCUT2D eigenvalue weighted by molar-refractivity contribution is 5.89. The van der Waals surface area contributed by atoms with E-state index in [-0.39, 0.29) is 11.8 Å². The summed E-state index contributed by atoms with van der Waals surface area (Å²) in [6, 6.07) is 10.6. The predicted molar refractivity (Wildman–Crippen MR) is 98.8 cm³/mol. The van der Waals surface area contributed by atoms with Crippen LogP contribution in [0.3, 0.4) is 0 Å². The summed E-state index contributed by atoms with van der Waals surface area (Å²) in [5, 5.41) is 0. The summed E-state index contributed by atoms with van der Waals surface area (Å²) < 4.78 is 36.4. The zero-order chi connectivity index (χ0) is 19.9. The van der Waals surface area contributed by atoms with E-state index in [9.17, 15) is 18.4 Å². The molecule has 148 valence electrons. The van der Waals surface area contributed by atoms with Gasteiger partial charge in [-0.05, 0) is 86.1 Å². The highest BCUT2D eigenvalue weighted by Gasteiger charge is 2.24. The first kappa shape index (κ1) is 20.0. The van der Waals surface area contributed by atoms with Crippen LogP contribution in [0.2, 0.25) is 0 Å². The van der Waals surface area contributed by atoms with E-state index < -0.39 is 23.6 Å². The first-order valence-corrected chi connectivity index (χ1v) is 9.36. The van der Waals surface area contributed by atoms with Crippen molar-refractivity contribution in [1.29, 1.82) is 0 Å². The number of esters is 2. The van der Waals surface area contributed by atoms with E-state index >= 15 is 0 Å². The first-order valence-electron chi connectivity index (χ1n) is 9.36. The molecule has 0 N–H and O–H groups in total. The average molecular weight is 388 g/mol. The molecule has 1 saturated carbocycles. The number of halogens is 2. The van der Waals surface area contributed by atoms with E-state index in [0.29, 0.717) is 24.3 Å². The molecule has 0 radical (unpaired) electrons. The maximum atomic E-state index is 12.9. The monoisotopic (exact) mass is 388 g/mol. The molecule has 6 heteroatoms. The molecule has 0 aliphatic heterocycles. The number of hydrogen-bond acceptors (Lipinski definition) is 4. The van der Waals surface area contributed by atoms with Crippen LogP contribution < -0.4 is 0 Å². The van der Waals surface area contributed by atoms with Gasteiger partial charge in [0.05, 0.1) is 24.3 Å². The number of hydrogen-bond donors (Lipinski definition) is 0. The molecule has 0 heterocycles. The maximum absolute atomic E-state index is 12.9. The van der Waals surface area contributed by atoms with E-state index in [1.165, 1.54) is 48.5 Å². The molecule has 3 rings (SSSR count). The Morgan fingerprint density at radius 2 is 1.00 bits per heavy atom. The van der Waals surface area contributed by atoms with Crippen molar-refractivity contribution in [3.63, 3.8) is 0 Å². The second kappa shape index (κ2) is 9.44. The van der Waals surface area contributed by atoms with Gasteiger partial charge in [0.2, 0.25) is 0 Å². The van der Waals surface area contributed by atoms with Gasteiger partial charge in [-0.2, -0.15) is 0 Å². The molecule has 28 heavy (non-hydrogen) atoms. The Morgan fingerprint density at radius 1 is 0.679 bits per heavy atom. The number of benzene rings is 2. The second-order valence-corrected chi connectivity index (χ2v) is 7.10. The summed E-state index contributed by atoms with van der Waals surface area (Å²) in [4.78, 5) is 23.9. The third-order valence-corrected chi connectivity index (χ3v) is 5.03. The molecule has 0 atom stereocenters. The van der Waals surface area contributed by atoms with Crippen molar-refractivity contribution in [2.45, 2.75) is 25.7 Å². The van der Waals surface area contributed by atoms with Crippen LogP contribution in [0.15, 0.2) is 48.5 Å². The van der Waals surface area contributed by atoms with Crippen molar-refractivity contribution < 1.29 is 27.8 Å². The Balaban J connectivity index is 1.36. The molecule has 0 amide bonds. The van der Waals surface area contributed by atoms with Crippen LogP contribution >= 0.6 is 0 Å². The van der Waals surface area contributed by atoms with Crippen molar-refractivity contribution in [3.8, 4) is 0 Å². The Morgan fingerprint density at radius 3 is 1.32 bits per heavy atom. The molecule has 0 bridgehead atoms. The minimum Gasteiger partial charge on any atom is -0.462 e. The zero-order valence-corrected chi connectivity index (χ0v) is 15.4. The molecule has 1 fully saturated rings. The van der Waals surface area contributed by atoms with Gasteiger partial charge in [-0.1, -0.05) is 0 Å². The SMILES string of the molecule is O=C(OCC1CCC(COC(=O)c2ccc(F)cc2)CC1)c1ccc(F)cc1. The van der Waals surface area contributed by atoms with Crippen LogP contribution in [-0.2, 0) is 9.47 Å². The maximum Gasteiger partial charge on any atom is 0.338 e. The fourth-order valence-electron chi connectivity index (χ4n) is 3.29. The topological polar surface area (TPSA) is 52.6 Å². The highest BCUT2D eigenvalue weighted by Crippen LogP contribution is 2.29. The first-order chi connectivity index (χ1) is 13.5. The quantitative estimate of drug-likeness (QED) is 0.668. The highest BCUT2D eigenvalue weighted by atomic mass is 19.1. The summed E-state index contributed by atoms with van der Waals surface area (Å²) in [6.07, 6.45) is 3.54. The third-order valence-electron chi connectivity index (χ3n) is 5.03. The van der Waals surface area contributed by atoms with Crippen LogP contribution in [0.25, 0.3) is 0 Å². The van der Waals surface area contributed by atoms with Crippen LogP contribution in [0.1, 0.15) is 46.4 Å². The summed E-state index contributed by atoms with van der Waals surface area (Å²) in [6.45, 7) is 0.663. The molecule has 1 aliphatic carbocycles. The standard InChI is InChI=1S/C22H22F2O4/c23-19-9-5-17(6-10-19)21(25)27-13-15-1-2-16(4-3-15)14-28-22(26)18-7-11-20(24)12-8-18/h5-12,15-16H,1-4,13-14H2. The molecule has 0 saturated heterocycles. The van der Waals surface area contributed by atoms with E-state index in [1.54, 1.807) is 0 Å². The molecule has 2 aromatic carbocycles. The normalized spacial score (nSPS) is 19.1. The van der Waals surface area contributed by atoms with Gasteiger partial charge in [0.25, 0.3) is 0 Å². The lowest BCUT2D eigenvalue weighted by molar-refractivity contribution is 0.0297. The zero-order valence-electron chi connectivity index (χ0n) is 15.4. The summed E-state index contributed by atoms with van der Waals surface area (Å²) in [7, 11) is 0. The Kier molecular flexibility index (Phi) is 6.74. The van der Waals surface area contributed by atoms with Crippen molar-refractivity contribution in [3.05, 3.63) is 71.3 Å². The van der Waals surface area contributed by atoms with Gasteiger partial charge < -0.3 is 9.47 Å². The Hall–Kier alpha value is -2.76. The summed E-state index contributed by atoms with van der Waals surface area (Å²) in [5.41, 5.74) is 0.672.